The molecule has 1 aromatic rings. The molecule has 2 atom stereocenters. The number of nitrogens with zero attached hydrogens (tertiary/aromatic N) is 1. The van der Waals surface area contributed by atoms with Crippen LogP contribution in [0.25, 0.3) is 0 Å². The van der Waals surface area contributed by atoms with Gasteiger partial charge in [0, 0.05) is 19.2 Å². The zero-order valence-electron chi connectivity index (χ0n) is 11.6. The van der Waals surface area contributed by atoms with E-state index in [4.69, 9.17) is 14.9 Å². The largest absolute Gasteiger partial charge is 0.445 e. The van der Waals surface area contributed by atoms with E-state index >= 15 is 0 Å². The molecule has 8 heteroatoms. The van der Waals surface area contributed by atoms with E-state index < -0.39 is 0 Å². The molecule has 2 fully saturated rings. The molecule has 1 amide bonds. The maximum atomic E-state index is 12.1. The first kappa shape index (κ1) is 18.2. The average Bonchev–Trinajstić information content (AvgIpc) is 2.94. The van der Waals surface area contributed by atoms with E-state index in [1.54, 1.807) is 0 Å². The van der Waals surface area contributed by atoms with Crippen LogP contribution in [0, 0.1) is 5.92 Å². The molecule has 1 aliphatic heterocycles. The van der Waals surface area contributed by atoms with Gasteiger partial charge in [0.05, 0.1) is 0 Å². The molecule has 2 unspecified atom stereocenters. The van der Waals surface area contributed by atoms with Gasteiger partial charge in [0.15, 0.2) is 17.8 Å². The Labute approximate surface area is 136 Å². The molecular formula is C13H21Cl2N3O3. The first-order valence-electron chi connectivity index (χ1n) is 6.84. The zero-order chi connectivity index (χ0) is 13.2. The molecule has 3 rings (SSSR count). The Morgan fingerprint density at radius 3 is 2.81 bits per heavy atom. The van der Waals surface area contributed by atoms with Crippen LogP contribution in [0.1, 0.15) is 48.0 Å². The van der Waals surface area contributed by atoms with E-state index in [1.165, 1.54) is 19.2 Å². The fourth-order valence-corrected chi connectivity index (χ4v) is 2.42. The first-order chi connectivity index (χ1) is 9.25. The van der Waals surface area contributed by atoms with Crippen LogP contribution in [0.15, 0.2) is 10.8 Å². The van der Waals surface area contributed by atoms with E-state index in [1.807, 2.05) is 0 Å². The fourth-order valence-electron chi connectivity index (χ4n) is 2.42. The molecule has 2 heterocycles. The Kier molecular flexibility index (Phi) is 6.93. The smallest absolute Gasteiger partial charge is 0.273 e. The molecule has 6 nitrogen and oxygen atoms in total. The first-order valence-corrected chi connectivity index (χ1v) is 6.84. The van der Waals surface area contributed by atoms with E-state index in [0.717, 1.165) is 12.8 Å². The maximum absolute atomic E-state index is 12.1. The van der Waals surface area contributed by atoms with Gasteiger partial charge < -0.3 is 20.2 Å². The number of ether oxygens (including phenoxy) is 1. The lowest BCUT2D eigenvalue weighted by Gasteiger charge is -2.12. The molecule has 0 aromatic carbocycles. The van der Waals surface area contributed by atoms with Gasteiger partial charge in [-0.15, -0.1) is 24.8 Å². The average molecular weight is 338 g/mol. The topological polar surface area (TPSA) is 90.4 Å². The molecule has 1 aromatic heterocycles. The number of amides is 1. The lowest BCUT2D eigenvalue weighted by atomic mass is 10.1. The Morgan fingerprint density at radius 1 is 1.43 bits per heavy atom. The van der Waals surface area contributed by atoms with E-state index in [2.05, 4.69) is 10.3 Å². The van der Waals surface area contributed by atoms with Gasteiger partial charge in [0.25, 0.3) is 5.91 Å². The van der Waals surface area contributed by atoms with Crippen LogP contribution in [0.4, 0.5) is 0 Å². The number of halogens is 2. The highest BCUT2D eigenvalue weighted by Gasteiger charge is 2.30. The van der Waals surface area contributed by atoms with Gasteiger partial charge in [0.2, 0.25) is 0 Å². The highest BCUT2D eigenvalue weighted by molar-refractivity contribution is 5.93. The summed E-state index contributed by atoms with van der Waals surface area (Å²) < 4.78 is 10.8. The number of hydrogen-bond acceptors (Lipinski definition) is 5. The normalized spacial score (nSPS) is 22.0. The van der Waals surface area contributed by atoms with Gasteiger partial charge in [-0.25, -0.2) is 4.98 Å². The monoisotopic (exact) mass is 337 g/mol. The molecule has 120 valence electrons. The molecule has 3 N–H and O–H groups in total. The molecule has 0 spiro atoms. The summed E-state index contributed by atoms with van der Waals surface area (Å²) in [6.07, 6.45) is 5.35. The Bertz CT molecular complexity index is 459. The van der Waals surface area contributed by atoms with Crippen LogP contribution >= 0.6 is 24.8 Å². The molecule has 2 aliphatic rings. The predicted octanol–water partition coefficient (Wildman–Crippen LogP) is 1.84. The number of carbonyl (C=O) groups excluding carboxylic acids is 1. The van der Waals surface area contributed by atoms with Gasteiger partial charge in [-0.1, -0.05) is 0 Å². The van der Waals surface area contributed by atoms with Crippen molar-refractivity contribution in [3.05, 3.63) is 17.8 Å². The fraction of sp³-hybridized carbons (Fsp3) is 0.692. The van der Waals surface area contributed by atoms with Gasteiger partial charge in [-0.05, 0) is 31.6 Å². The van der Waals surface area contributed by atoms with Gasteiger partial charge in [0.1, 0.15) is 6.10 Å². The maximum Gasteiger partial charge on any atom is 0.273 e. The number of rotatable bonds is 5. The SMILES string of the molecule is Cl.Cl.NC(CNC(=O)c1ncoc1C1CCCO1)C1CC1. The van der Waals surface area contributed by atoms with Gasteiger partial charge >= 0.3 is 0 Å². The van der Waals surface area contributed by atoms with Crippen molar-refractivity contribution in [3.63, 3.8) is 0 Å². The van der Waals surface area contributed by atoms with E-state index in [0.29, 0.717) is 30.5 Å². The minimum absolute atomic E-state index is 0. The zero-order valence-corrected chi connectivity index (χ0v) is 13.3. The van der Waals surface area contributed by atoms with Crippen molar-refractivity contribution >= 4 is 30.7 Å². The lowest BCUT2D eigenvalue weighted by Crippen LogP contribution is -2.39. The van der Waals surface area contributed by atoms with Crippen LogP contribution in [0.5, 0.6) is 0 Å². The summed E-state index contributed by atoms with van der Waals surface area (Å²) in [5, 5.41) is 2.83. The Balaban J connectivity index is 0.00000110. The minimum atomic E-state index is -0.227. The summed E-state index contributed by atoms with van der Waals surface area (Å²) in [5.74, 6) is 0.876. The summed E-state index contributed by atoms with van der Waals surface area (Å²) in [4.78, 5) is 16.1. The van der Waals surface area contributed by atoms with Crippen LogP contribution in [-0.4, -0.2) is 30.1 Å². The minimum Gasteiger partial charge on any atom is -0.445 e. The third kappa shape index (κ3) is 4.32. The molecule has 21 heavy (non-hydrogen) atoms. The van der Waals surface area contributed by atoms with Crippen molar-refractivity contribution in [2.45, 2.75) is 37.8 Å². The van der Waals surface area contributed by atoms with Crippen LogP contribution in [0.3, 0.4) is 0 Å². The number of nitrogens with one attached hydrogen (secondary N) is 1. The summed E-state index contributed by atoms with van der Waals surface area (Å²) >= 11 is 0. The van der Waals surface area contributed by atoms with Crippen molar-refractivity contribution < 1.29 is 13.9 Å². The second-order valence-electron chi connectivity index (χ2n) is 5.28. The van der Waals surface area contributed by atoms with Gasteiger partial charge in [-0.3, -0.25) is 4.79 Å². The standard InChI is InChI=1S/C13H19N3O3.2ClH/c14-9(8-3-4-8)6-15-13(17)11-12(19-7-16-11)10-2-1-5-18-10;;/h7-10H,1-6,14H2,(H,15,17);2*1H. The third-order valence-electron chi connectivity index (χ3n) is 3.76. The predicted molar refractivity (Wildman–Crippen MR) is 82.0 cm³/mol. The summed E-state index contributed by atoms with van der Waals surface area (Å²) in [6, 6.07) is 0.0435. The van der Waals surface area contributed by atoms with Crippen molar-refractivity contribution in [3.8, 4) is 0 Å². The number of aromatic nitrogens is 1. The van der Waals surface area contributed by atoms with Crippen molar-refractivity contribution in [2.24, 2.45) is 11.7 Å². The number of hydrogen-bond donors (Lipinski definition) is 2. The summed E-state index contributed by atoms with van der Waals surface area (Å²) in [5.41, 5.74) is 6.29. The quantitative estimate of drug-likeness (QED) is 0.855. The Morgan fingerprint density at radius 2 is 2.19 bits per heavy atom. The molecule has 1 saturated heterocycles. The van der Waals surface area contributed by atoms with Crippen LogP contribution < -0.4 is 11.1 Å². The van der Waals surface area contributed by atoms with Crippen molar-refractivity contribution in [1.82, 2.24) is 10.3 Å². The molecule has 0 radical (unpaired) electrons. The lowest BCUT2D eigenvalue weighted by molar-refractivity contribution is 0.0860. The van der Waals surface area contributed by atoms with Crippen LogP contribution in [0.2, 0.25) is 0 Å². The van der Waals surface area contributed by atoms with Crippen LogP contribution in [-0.2, 0) is 4.74 Å². The molecule has 0 bridgehead atoms. The number of carbonyl (C=O) groups is 1. The second kappa shape index (κ2) is 7.98. The number of nitrogens with two attached hydrogens (primary N) is 1. The Hall–Kier alpha value is -0.820. The second-order valence-corrected chi connectivity index (χ2v) is 5.28. The van der Waals surface area contributed by atoms with Crippen molar-refractivity contribution in [1.29, 1.82) is 0 Å². The molecule has 1 aliphatic carbocycles. The van der Waals surface area contributed by atoms with Gasteiger partial charge in [-0.2, -0.15) is 0 Å². The highest BCUT2D eigenvalue weighted by Crippen LogP contribution is 2.32. The van der Waals surface area contributed by atoms with E-state index in [-0.39, 0.29) is 42.9 Å². The third-order valence-corrected chi connectivity index (χ3v) is 3.76. The molecular weight excluding hydrogens is 317 g/mol. The van der Waals surface area contributed by atoms with Crippen molar-refractivity contribution in [2.75, 3.05) is 13.2 Å². The van der Waals surface area contributed by atoms with E-state index in [9.17, 15) is 4.79 Å². The summed E-state index contributed by atoms with van der Waals surface area (Å²) in [6.45, 7) is 1.19. The summed E-state index contributed by atoms with van der Waals surface area (Å²) in [7, 11) is 0. The highest BCUT2D eigenvalue weighted by atomic mass is 35.5. The molecule has 1 saturated carbocycles. The number of oxazole rings is 1.